The summed E-state index contributed by atoms with van der Waals surface area (Å²) in [5, 5.41) is 10.6. The van der Waals surface area contributed by atoms with Crippen LogP contribution in [-0.2, 0) is 9.90 Å². The second-order valence-electron chi connectivity index (χ2n) is 4.55. The Hall–Kier alpha value is -1.35. The van der Waals surface area contributed by atoms with Gasteiger partial charge in [0.05, 0.1) is 6.61 Å². The minimum Gasteiger partial charge on any atom is -0.312 e. The van der Waals surface area contributed by atoms with E-state index in [0.717, 1.165) is 24.1 Å². The minimum absolute atomic E-state index is 0.121. The smallest absolute Gasteiger partial charge is 0.226 e. The van der Waals surface area contributed by atoms with Crippen molar-refractivity contribution in [3.05, 3.63) is 29.8 Å². The van der Waals surface area contributed by atoms with E-state index in [1.165, 1.54) is 0 Å². The third-order valence-corrected chi connectivity index (χ3v) is 2.88. The molecule has 0 aliphatic carbocycles. The topological polar surface area (TPSA) is 40.2 Å². The van der Waals surface area contributed by atoms with Crippen LogP contribution in [0.1, 0.15) is 38.2 Å². The van der Waals surface area contributed by atoms with Crippen LogP contribution < -0.4 is 4.90 Å². The molecule has 1 aromatic rings. The standard InChI is InChI=1S/C15H22NO2/c1-3-4-9-15(18)16(10-6-11-17)14-8-5-7-13(2)12-14/h5,7-8,12H,3-4,6,9-11H2,1-2H3. The Kier molecular flexibility index (Phi) is 6.44. The number of rotatable bonds is 7. The lowest BCUT2D eigenvalue weighted by Gasteiger charge is -2.23. The van der Waals surface area contributed by atoms with E-state index >= 15 is 0 Å². The molecule has 99 valence electrons. The van der Waals surface area contributed by atoms with Crippen LogP contribution in [0.4, 0.5) is 5.69 Å². The molecule has 1 radical (unpaired) electrons. The van der Waals surface area contributed by atoms with Crippen molar-refractivity contribution in [1.29, 1.82) is 0 Å². The molecule has 18 heavy (non-hydrogen) atoms. The quantitative estimate of drug-likeness (QED) is 0.729. The number of amides is 1. The Morgan fingerprint density at radius 1 is 1.28 bits per heavy atom. The summed E-state index contributed by atoms with van der Waals surface area (Å²) in [6, 6.07) is 7.88. The predicted molar refractivity (Wildman–Crippen MR) is 73.2 cm³/mol. The number of benzene rings is 1. The van der Waals surface area contributed by atoms with Gasteiger partial charge in [0.1, 0.15) is 0 Å². The minimum atomic E-state index is -0.136. The van der Waals surface area contributed by atoms with Gasteiger partial charge < -0.3 is 4.90 Å². The summed E-state index contributed by atoms with van der Waals surface area (Å²) in [5.74, 6) is 0.121. The van der Waals surface area contributed by atoms with Gasteiger partial charge in [-0.25, -0.2) is 5.11 Å². The van der Waals surface area contributed by atoms with Crippen LogP contribution in [0.5, 0.6) is 0 Å². The van der Waals surface area contributed by atoms with Crippen LogP contribution in [0.25, 0.3) is 0 Å². The highest BCUT2D eigenvalue weighted by Gasteiger charge is 2.14. The Bertz CT molecular complexity index is 377. The lowest BCUT2D eigenvalue weighted by atomic mass is 10.1. The number of nitrogens with zero attached hydrogens (tertiary/aromatic N) is 1. The maximum atomic E-state index is 12.1. The van der Waals surface area contributed by atoms with Gasteiger partial charge in [0.15, 0.2) is 0 Å². The molecule has 1 aromatic carbocycles. The molecule has 0 heterocycles. The van der Waals surface area contributed by atoms with E-state index in [1.807, 2.05) is 31.2 Å². The molecule has 0 aliphatic heterocycles. The zero-order chi connectivity index (χ0) is 13.4. The summed E-state index contributed by atoms with van der Waals surface area (Å²) in [4.78, 5) is 13.9. The molecule has 0 aromatic heterocycles. The molecule has 3 heteroatoms. The maximum Gasteiger partial charge on any atom is 0.226 e. The van der Waals surface area contributed by atoms with Gasteiger partial charge in [0.25, 0.3) is 0 Å². The molecular formula is C15H22NO2. The molecule has 0 N–H and O–H groups in total. The number of hydrogen-bond acceptors (Lipinski definition) is 1. The second kappa shape index (κ2) is 7.88. The average molecular weight is 248 g/mol. The van der Waals surface area contributed by atoms with Crippen molar-refractivity contribution in [3.63, 3.8) is 0 Å². The van der Waals surface area contributed by atoms with E-state index in [0.29, 0.717) is 19.4 Å². The summed E-state index contributed by atoms with van der Waals surface area (Å²) in [7, 11) is 0. The highest BCUT2D eigenvalue weighted by atomic mass is 16.3. The third-order valence-electron chi connectivity index (χ3n) is 2.88. The van der Waals surface area contributed by atoms with Crippen LogP contribution in [0.15, 0.2) is 24.3 Å². The van der Waals surface area contributed by atoms with Gasteiger partial charge in [0.2, 0.25) is 5.91 Å². The van der Waals surface area contributed by atoms with Crippen molar-refractivity contribution in [2.45, 2.75) is 39.5 Å². The van der Waals surface area contributed by atoms with Crippen molar-refractivity contribution >= 4 is 11.6 Å². The van der Waals surface area contributed by atoms with Crippen molar-refractivity contribution in [2.75, 3.05) is 18.1 Å². The number of carbonyl (C=O) groups excluding carboxylic acids is 1. The van der Waals surface area contributed by atoms with Gasteiger partial charge in [-0.3, -0.25) is 4.79 Å². The largest absolute Gasteiger partial charge is 0.312 e. The van der Waals surface area contributed by atoms with Crippen molar-refractivity contribution in [3.8, 4) is 0 Å². The lowest BCUT2D eigenvalue weighted by molar-refractivity contribution is -0.118. The van der Waals surface area contributed by atoms with Gasteiger partial charge in [-0.15, -0.1) is 0 Å². The van der Waals surface area contributed by atoms with Crippen LogP contribution in [0.3, 0.4) is 0 Å². The molecule has 1 rings (SSSR count). The Labute approximate surface area is 109 Å². The number of aryl methyl sites for hydroxylation is 1. The highest BCUT2D eigenvalue weighted by Crippen LogP contribution is 2.18. The fourth-order valence-corrected chi connectivity index (χ4v) is 1.88. The summed E-state index contributed by atoms with van der Waals surface area (Å²) in [6.45, 7) is 4.46. The SMILES string of the molecule is CCCCC(=O)N(CCC[O])c1cccc(C)c1. The molecule has 0 unspecified atom stereocenters. The van der Waals surface area contributed by atoms with Gasteiger partial charge in [-0.2, -0.15) is 0 Å². The maximum absolute atomic E-state index is 12.1. The van der Waals surface area contributed by atoms with Crippen LogP contribution in [0.2, 0.25) is 0 Å². The zero-order valence-corrected chi connectivity index (χ0v) is 11.3. The fourth-order valence-electron chi connectivity index (χ4n) is 1.88. The lowest BCUT2D eigenvalue weighted by Crippen LogP contribution is -2.32. The zero-order valence-electron chi connectivity index (χ0n) is 11.3. The van der Waals surface area contributed by atoms with E-state index in [-0.39, 0.29) is 12.5 Å². The molecular weight excluding hydrogens is 226 g/mol. The van der Waals surface area contributed by atoms with E-state index in [1.54, 1.807) is 4.90 Å². The van der Waals surface area contributed by atoms with Crippen LogP contribution in [-0.4, -0.2) is 19.1 Å². The summed E-state index contributed by atoms with van der Waals surface area (Å²) in [6.07, 6.45) is 2.97. The summed E-state index contributed by atoms with van der Waals surface area (Å²) >= 11 is 0. The number of carbonyl (C=O) groups is 1. The van der Waals surface area contributed by atoms with E-state index < -0.39 is 0 Å². The molecule has 0 saturated carbocycles. The molecule has 0 spiro atoms. The van der Waals surface area contributed by atoms with Gasteiger partial charge >= 0.3 is 0 Å². The van der Waals surface area contributed by atoms with Crippen molar-refractivity contribution < 1.29 is 9.90 Å². The van der Waals surface area contributed by atoms with E-state index in [4.69, 9.17) is 0 Å². The highest BCUT2D eigenvalue weighted by molar-refractivity contribution is 5.93. The molecule has 0 bridgehead atoms. The van der Waals surface area contributed by atoms with Crippen LogP contribution >= 0.6 is 0 Å². The van der Waals surface area contributed by atoms with E-state index in [2.05, 4.69) is 6.92 Å². The Morgan fingerprint density at radius 2 is 2.06 bits per heavy atom. The van der Waals surface area contributed by atoms with Gasteiger partial charge in [-0.1, -0.05) is 25.5 Å². The normalized spacial score (nSPS) is 10.4. The molecule has 0 saturated heterocycles. The predicted octanol–water partition coefficient (Wildman–Crippen LogP) is 3.34. The molecule has 0 aliphatic rings. The second-order valence-corrected chi connectivity index (χ2v) is 4.55. The van der Waals surface area contributed by atoms with E-state index in [9.17, 15) is 9.90 Å². The molecule has 1 amide bonds. The first-order valence-corrected chi connectivity index (χ1v) is 6.64. The number of unbranched alkanes of at least 4 members (excludes halogenated alkanes) is 1. The monoisotopic (exact) mass is 248 g/mol. The van der Waals surface area contributed by atoms with Crippen molar-refractivity contribution in [2.24, 2.45) is 0 Å². The number of hydrogen-bond donors (Lipinski definition) is 0. The van der Waals surface area contributed by atoms with Gasteiger partial charge in [-0.05, 0) is 37.5 Å². The third kappa shape index (κ3) is 4.49. The number of anilines is 1. The summed E-state index contributed by atoms with van der Waals surface area (Å²) < 4.78 is 0. The molecule has 0 fully saturated rings. The Balaban J connectivity index is 2.80. The van der Waals surface area contributed by atoms with Crippen molar-refractivity contribution in [1.82, 2.24) is 0 Å². The molecule has 0 atom stereocenters. The first-order chi connectivity index (χ1) is 8.69. The molecule has 3 nitrogen and oxygen atoms in total. The fraction of sp³-hybridized carbons (Fsp3) is 0.533. The van der Waals surface area contributed by atoms with Crippen LogP contribution in [0, 0.1) is 6.92 Å². The average Bonchev–Trinajstić information content (AvgIpc) is 2.37. The van der Waals surface area contributed by atoms with Gasteiger partial charge in [0, 0.05) is 18.7 Å². The first kappa shape index (κ1) is 14.7. The first-order valence-electron chi connectivity index (χ1n) is 6.64. The summed E-state index contributed by atoms with van der Waals surface area (Å²) in [5.41, 5.74) is 2.03. The Morgan fingerprint density at radius 3 is 2.67 bits per heavy atom.